The molecule has 0 fully saturated rings. The van der Waals surface area contributed by atoms with Crippen LogP contribution in [0.15, 0.2) is 22.7 Å². The maximum Gasteiger partial charge on any atom is 0.228 e. The van der Waals surface area contributed by atoms with E-state index in [0.717, 1.165) is 0 Å². The Morgan fingerprint density at radius 3 is 1.83 bits per heavy atom. The molecule has 0 spiro atoms. The largest absolute Gasteiger partial charge is 0.504 e. The Hall–Kier alpha value is -1.66. The highest BCUT2D eigenvalue weighted by Gasteiger charge is 2.44. The molecule has 0 saturated carbocycles. The fraction of sp³-hybridized carbons (Fsp3) is 0.667. The maximum absolute atomic E-state index is 12.9. The number of rotatable bonds is 6. The number of carbonyl (C=O) groups is 2. The summed E-state index contributed by atoms with van der Waals surface area (Å²) in [7, 11) is 0. The highest BCUT2D eigenvalue weighted by molar-refractivity contribution is 6.24. The lowest BCUT2D eigenvalue weighted by atomic mass is 9.73. The Morgan fingerprint density at radius 1 is 0.833 bits per heavy atom. The minimum absolute atomic E-state index is 0.0252. The molecule has 0 saturated heterocycles. The molecule has 0 radical (unpaired) electrons. The number of allylic oxidation sites excluding steroid dienone is 2. The summed E-state index contributed by atoms with van der Waals surface area (Å²) in [4.78, 5) is 25.5. The molecule has 6 nitrogen and oxygen atoms in total. The zero-order valence-electron chi connectivity index (χ0n) is 15.4. The smallest absolute Gasteiger partial charge is 0.228 e. The van der Waals surface area contributed by atoms with Gasteiger partial charge in [-0.25, -0.2) is 0 Å². The molecule has 1 rings (SSSR count). The summed E-state index contributed by atoms with van der Waals surface area (Å²) in [6.07, 6.45) is 0. The van der Waals surface area contributed by atoms with E-state index >= 15 is 0 Å². The predicted octanol–water partition coefficient (Wildman–Crippen LogP) is 2.32. The second kappa shape index (κ2) is 7.49. The van der Waals surface area contributed by atoms with Crippen LogP contribution >= 0.6 is 0 Å². The van der Waals surface area contributed by atoms with Gasteiger partial charge in [-0.2, -0.15) is 0 Å². The van der Waals surface area contributed by atoms with Crippen molar-refractivity contribution < 1.29 is 29.3 Å². The molecule has 6 heteroatoms. The average Bonchev–Trinajstić information content (AvgIpc) is 2.41. The van der Waals surface area contributed by atoms with Crippen LogP contribution in [0.25, 0.3) is 0 Å². The van der Waals surface area contributed by atoms with Crippen LogP contribution in [0.5, 0.6) is 0 Å². The maximum atomic E-state index is 12.9. The van der Waals surface area contributed by atoms with Gasteiger partial charge in [-0.05, 0) is 10.8 Å². The third kappa shape index (κ3) is 4.45. The summed E-state index contributed by atoms with van der Waals surface area (Å²) in [5.41, 5.74) is -1.12. The van der Waals surface area contributed by atoms with E-state index < -0.39 is 28.2 Å². The molecule has 0 aliphatic heterocycles. The molecule has 2 N–H and O–H groups in total. The van der Waals surface area contributed by atoms with Gasteiger partial charge in [-0.3, -0.25) is 9.59 Å². The lowest BCUT2D eigenvalue weighted by Crippen LogP contribution is -2.35. The molecule has 1 aliphatic rings. The van der Waals surface area contributed by atoms with Crippen molar-refractivity contribution in [3.8, 4) is 0 Å². The van der Waals surface area contributed by atoms with Gasteiger partial charge in [0, 0.05) is 0 Å². The monoisotopic (exact) mass is 340 g/mol. The third-order valence-electron chi connectivity index (χ3n) is 3.55. The number of ketones is 2. The van der Waals surface area contributed by atoms with Crippen molar-refractivity contribution in [1.82, 2.24) is 0 Å². The number of aliphatic hydroxyl groups excluding tert-OH is 2. The minimum Gasteiger partial charge on any atom is -0.504 e. The first-order valence-electron chi connectivity index (χ1n) is 8.02. The minimum atomic E-state index is -0.692. The van der Waals surface area contributed by atoms with Gasteiger partial charge >= 0.3 is 0 Å². The number of ether oxygens (including phenoxy) is 2. The molecule has 0 heterocycles. The van der Waals surface area contributed by atoms with Crippen LogP contribution < -0.4 is 0 Å². The molecular weight excluding hydrogens is 312 g/mol. The fourth-order valence-corrected chi connectivity index (χ4v) is 2.55. The van der Waals surface area contributed by atoms with Crippen molar-refractivity contribution in [2.24, 2.45) is 10.8 Å². The van der Waals surface area contributed by atoms with Gasteiger partial charge in [-0.1, -0.05) is 41.5 Å². The standard InChI is InChI=1S/C18H28O6/c1-17(2,3)11-13(20)14(21)12(18(4,5)6)16(15(11)22)24-10-9-23-8-7-19/h19-20H,7-10H2,1-6H3. The second-order valence-electron chi connectivity index (χ2n) is 7.77. The molecule has 1 aliphatic carbocycles. The quantitative estimate of drug-likeness (QED) is 0.569. The fourth-order valence-electron chi connectivity index (χ4n) is 2.55. The van der Waals surface area contributed by atoms with Crippen molar-refractivity contribution in [3.63, 3.8) is 0 Å². The summed E-state index contributed by atoms with van der Waals surface area (Å²) in [6.45, 7) is 11.0. The first kappa shape index (κ1) is 20.4. The van der Waals surface area contributed by atoms with Gasteiger partial charge in [0.05, 0.1) is 31.0 Å². The first-order chi connectivity index (χ1) is 10.9. The van der Waals surface area contributed by atoms with Crippen LogP contribution in [0, 0.1) is 10.8 Å². The van der Waals surface area contributed by atoms with Crippen LogP contribution in [-0.4, -0.2) is 48.2 Å². The Labute approximate surface area is 143 Å². The van der Waals surface area contributed by atoms with Crippen LogP contribution in [-0.2, 0) is 19.1 Å². The summed E-state index contributed by atoms with van der Waals surface area (Å²) in [6, 6.07) is 0. The van der Waals surface area contributed by atoms with E-state index in [-0.39, 0.29) is 43.3 Å². The molecule has 0 bridgehead atoms. The Morgan fingerprint density at radius 2 is 1.38 bits per heavy atom. The van der Waals surface area contributed by atoms with E-state index in [4.69, 9.17) is 14.6 Å². The Kier molecular flexibility index (Phi) is 6.36. The summed E-state index contributed by atoms with van der Waals surface area (Å²) in [5, 5.41) is 19.0. The summed E-state index contributed by atoms with van der Waals surface area (Å²) in [5.74, 6) is -1.56. The van der Waals surface area contributed by atoms with Crippen molar-refractivity contribution in [2.45, 2.75) is 41.5 Å². The van der Waals surface area contributed by atoms with Gasteiger partial charge in [0.25, 0.3) is 0 Å². The third-order valence-corrected chi connectivity index (χ3v) is 3.55. The van der Waals surface area contributed by atoms with Gasteiger partial charge in [-0.15, -0.1) is 0 Å². The number of Topliss-reactive ketones (excluding diaryl/α,β-unsaturated/α-hetero) is 2. The Balaban J connectivity index is 3.22. The average molecular weight is 340 g/mol. The first-order valence-corrected chi connectivity index (χ1v) is 8.02. The highest BCUT2D eigenvalue weighted by atomic mass is 16.5. The molecule has 0 atom stereocenters. The van der Waals surface area contributed by atoms with E-state index in [2.05, 4.69) is 0 Å². The lowest BCUT2D eigenvalue weighted by Gasteiger charge is -2.32. The van der Waals surface area contributed by atoms with Gasteiger partial charge in [0.15, 0.2) is 11.5 Å². The molecule has 0 aromatic rings. The predicted molar refractivity (Wildman–Crippen MR) is 89.5 cm³/mol. The van der Waals surface area contributed by atoms with Gasteiger partial charge < -0.3 is 19.7 Å². The van der Waals surface area contributed by atoms with Crippen molar-refractivity contribution in [1.29, 1.82) is 0 Å². The zero-order valence-corrected chi connectivity index (χ0v) is 15.4. The van der Waals surface area contributed by atoms with Gasteiger partial charge in [0.2, 0.25) is 11.6 Å². The molecule has 0 aromatic carbocycles. The second-order valence-corrected chi connectivity index (χ2v) is 7.77. The lowest BCUT2D eigenvalue weighted by molar-refractivity contribution is -0.122. The SMILES string of the molecule is CC(C)(C)C1=C(O)C(=O)C(C(C)(C)C)=C(OCCOCCO)C1=O. The Bertz CT molecular complexity index is 569. The van der Waals surface area contributed by atoms with E-state index in [1.165, 1.54) is 0 Å². The topological polar surface area (TPSA) is 93.1 Å². The number of hydrogen-bond acceptors (Lipinski definition) is 6. The zero-order chi connectivity index (χ0) is 18.7. The molecule has 0 unspecified atom stereocenters. The van der Waals surface area contributed by atoms with Crippen molar-refractivity contribution in [3.05, 3.63) is 22.7 Å². The summed E-state index contributed by atoms with van der Waals surface area (Å²) >= 11 is 0. The highest BCUT2D eigenvalue weighted by Crippen LogP contribution is 2.40. The molecule has 0 aromatic heterocycles. The van der Waals surface area contributed by atoms with Crippen LogP contribution in [0.3, 0.4) is 0 Å². The normalized spacial score (nSPS) is 17.0. The number of aliphatic hydroxyl groups is 2. The van der Waals surface area contributed by atoms with E-state index in [1.54, 1.807) is 41.5 Å². The number of carbonyl (C=O) groups excluding carboxylic acids is 2. The van der Waals surface area contributed by atoms with Crippen molar-refractivity contribution in [2.75, 3.05) is 26.4 Å². The number of hydrogen-bond donors (Lipinski definition) is 2. The van der Waals surface area contributed by atoms with Crippen LogP contribution in [0.1, 0.15) is 41.5 Å². The molecule has 0 amide bonds. The van der Waals surface area contributed by atoms with E-state index in [9.17, 15) is 14.7 Å². The van der Waals surface area contributed by atoms with Crippen molar-refractivity contribution >= 4 is 11.6 Å². The van der Waals surface area contributed by atoms with Gasteiger partial charge in [0.1, 0.15) is 6.61 Å². The van der Waals surface area contributed by atoms with E-state index in [0.29, 0.717) is 0 Å². The molecular formula is C18H28O6. The summed E-state index contributed by atoms with van der Waals surface area (Å²) < 4.78 is 10.7. The molecule has 136 valence electrons. The van der Waals surface area contributed by atoms with Crippen LogP contribution in [0.4, 0.5) is 0 Å². The van der Waals surface area contributed by atoms with Crippen LogP contribution in [0.2, 0.25) is 0 Å². The van der Waals surface area contributed by atoms with E-state index in [1.807, 2.05) is 0 Å². The molecule has 24 heavy (non-hydrogen) atoms.